The minimum atomic E-state index is -0.722. The normalized spacial score (nSPS) is 12.5. The van der Waals surface area contributed by atoms with Gasteiger partial charge in [-0.15, -0.1) is 0 Å². The minimum Gasteiger partial charge on any atom is -0.481 e. The van der Waals surface area contributed by atoms with Gasteiger partial charge < -0.3 is 15.4 Å². The summed E-state index contributed by atoms with van der Waals surface area (Å²) in [4.78, 5) is 25.6. The minimum absolute atomic E-state index is 0.163. The van der Waals surface area contributed by atoms with E-state index in [4.69, 9.17) is 4.74 Å². The van der Waals surface area contributed by atoms with Gasteiger partial charge in [0.05, 0.1) is 17.3 Å². The lowest BCUT2D eigenvalue weighted by molar-refractivity contribution is -0.122. The highest BCUT2D eigenvalue weighted by atomic mass is 16.5. The quantitative estimate of drug-likeness (QED) is 0.556. The number of carbonyl (C=O) groups is 2. The van der Waals surface area contributed by atoms with Gasteiger partial charge in [0.25, 0.3) is 11.8 Å². The van der Waals surface area contributed by atoms with E-state index in [0.29, 0.717) is 17.0 Å². The average molecular weight is 417 g/mol. The van der Waals surface area contributed by atoms with Crippen molar-refractivity contribution < 1.29 is 14.3 Å². The summed E-state index contributed by atoms with van der Waals surface area (Å²) in [6.07, 6.45) is -0.722. The molecule has 0 spiro atoms. The zero-order valence-corrected chi connectivity index (χ0v) is 18.3. The Kier molecular flexibility index (Phi) is 7.08. The first kappa shape index (κ1) is 22.1. The molecule has 5 heteroatoms. The Morgan fingerprint density at radius 1 is 0.871 bits per heavy atom. The molecule has 0 aliphatic carbocycles. The number of nitrogens with one attached hydrogen (secondary N) is 2. The molecule has 3 rings (SSSR count). The average Bonchev–Trinajstić information content (AvgIpc) is 2.76. The number of hydrogen-bond acceptors (Lipinski definition) is 3. The summed E-state index contributed by atoms with van der Waals surface area (Å²) < 4.78 is 5.84. The van der Waals surface area contributed by atoms with Crippen LogP contribution in [0.1, 0.15) is 46.9 Å². The molecular weight excluding hydrogens is 388 g/mol. The molecule has 0 saturated heterocycles. The Hall–Kier alpha value is -3.60. The van der Waals surface area contributed by atoms with Crippen LogP contribution in [0.3, 0.4) is 0 Å². The van der Waals surface area contributed by atoms with Crippen LogP contribution in [-0.2, 0) is 4.79 Å². The Bertz CT molecular complexity index is 1060. The van der Waals surface area contributed by atoms with E-state index in [1.807, 2.05) is 69.3 Å². The van der Waals surface area contributed by atoms with Crippen LogP contribution in [0.5, 0.6) is 5.75 Å². The summed E-state index contributed by atoms with van der Waals surface area (Å²) in [5.41, 5.74) is 3.95. The smallest absolute Gasteiger partial charge is 0.265 e. The van der Waals surface area contributed by atoms with Crippen molar-refractivity contribution in [1.29, 1.82) is 0 Å². The van der Waals surface area contributed by atoms with Gasteiger partial charge in [0.15, 0.2) is 6.10 Å². The molecule has 2 N–H and O–H groups in total. The van der Waals surface area contributed by atoms with Gasteiger partial charge in [-0.3, -0.25) is 9.59 Å². The van der Waals surface area contributed by atoms with Crippen LogP contribution in [0.2, 0.25) is 0 Å². The third-order valence-corrected chi connectivity index (χ3v) is 5.08. The van der Waals surface area contributed by atoms with E-state index in [1.165, 1.54) is 0 Å². The monoisotopic (exact) mass is 416 g/mol. The van der Waals surface area contributed by atoms with E-state index < -0.39 is 6.10 Å². The largest absolute Gasteiger partial charge is 0.481 e. The zero-order valence-electron chi connectivity index (χ0n) is 18.3. The maximum Gasteiger partial charge on any atom is 0.265 e. The summed E-state index contributed by atoms with van der Waals surface area (Å²) >= 11 is 0. The number of para-hydroxylation sites is 1. The second-order valence-electron chi connectivity index (χ2n) is 7.67. The maximum absolute atomic E-state index is 12.9. The number of benzene rings is 3. The lowest BCUT2D eigenvalue weighted by Gasteiger charge is -2.19. The van der Waals surface area contributed by atoms with Crippen LogP contribution < -0.4 is 15.4 Å². The summed E-state index contributed by atoms with van der Waals surface area (Å²) in [7, 11) is 0. The van der Waals surface area contributed by atoms with E-state index in [-0.39, 0.29) is 17.9 Å². The van der Waals surface area contributed by atoms with Gasteiger partial charge >= 0.3 is 0 Å². The van der Waals surface area contributed by atoms with Gasteiger partial charge in [0.1, 0.15) is 5.75 Å². The van der Waals surface area contributed by atoms with Gasteiger partial charge in [-0.1, -0.05) is 60.2 Å². The number of anilines is 1. The Balaban J connectivity index is 1.69. The van der Waals surface area contributed by atoms with Gasteiger partial charge in [-0.05, 0) is 57.0 Å². The Morgan fingerprint density at radius 2 is 1.55 bits per heavy atom. The van der Waals surface area contributed by atoms with Crippen LogP contribution in [0.25, 0.3) is 0 Å². The van der Waals surface area contributed by atoms with Crippen molar-refractivity contribution in [3.05, 3.63) is 95.1 Å². The molecule has 0 saturated carbocycles. The molecule has 0 unspecified atom stereocenters. The van der Waals surface area contributed by atoms with Crippen LogP contribution >= 0.6 is 0 Å². The molecule has 5 nitrogen and oxygen atoms in total. The van der Waals surface area contributed by atoms with Crippen molar-refractivity contribution in [3.8, 4) is 5.75 Å². The first-order valence-electron chi connectivity index (χ1n) is 10.3. The molecule has 0 fully saturated rings. The number of amides is 2. The number of carbonyl (C=O) groups excluding carboxylic acids is 2. The van der Waals surface area contributed by atoms with Gasteiger partial charge in [0.2, 0.25) is 0 Å². The van der Waals surface area contributed by atoms with Crippen molar-refractivity contribution in [2.45, 2.75) is 39.8 Å². The standard InChI is InChI=1S/C26H28N2O3/c1-17-14-15-24(18(2)16-17)31-20(4)25(29)28-23-13-9-8-12-22(23)26(30)27-19(3)21-10-6-5-7-11-21/h5-16,19-20H,1-4H3,(H,27,30)(H,28,29)/t19-,20-/m0/s1. The third kappa shape index (κ3) is 5.72. The highest BCUT2D eigenvalue weighted by Gasteiger charge is 2.20. The van der Waals surface area contributed by atoms with E-state index in [0.717, 1.165) is 16.7 Å². The summed E-state index contributed by atoms with van der Waals surface area (Å²) in [6, 6.07) is 22.3. The summed E-state index contributed by atoms with van der Waals surface area (Å²) in [5, 5.41) is 5.82. The lowest BCUT2D eigenvalue weighted by Crippen LogP contribution is -2.32. The molecule has 0 aliphatic heterocycles. The molecule has 0 bridgehead atoms. The molecule has 3 aromatic rings. The number of ether oxygens (including phenoxy) is 1. The van der Waals surface area contributed by atoms with E-state index in [1.54, 1.807) is 31.2 Å². The van der Waals surface area contributed by atoms with Gasteiger partial charge in [0, 0.05) is 0 Å². The van der Waals surface area contributed by atoms with E-state index >= 15 is 0 Å². The van der Waals surface area contributed by atoms with Crippen LogP contribution in [0.15, 0.2) is 72.8 Å². The van der Waals surface area contributed by atoms with E-state index in [2.05, 4.69) is 10.6 Å². The Labute approximate surface area is 183 Å². The van der Waals surface area contributed by atoms with Crippen LogP contribution in [-0.4, -0.2) is 17.9 Å². The fourth-order valence-electron chi connectivity index (χ4n) is 3.30. The van der Waals surface area contributed by atoms with Crippen LogP contribution in [0.4, 0.5) is 5.69 Å². The van der Waals surface area contributed by atoms with Crippen molar-refractivity contribution in [1.82, 2.24) is 5.32 Å². The van der Waals surface area contributed by atoms with E-state index in [9.17, 15) is 9.59 Å². The van der Waals surface area contributed by atoms with Crippen molar-refractivity contribution in [3.63, 3.8) is 0 Å². The molecule has 3 aromatic carbocycles. The fraction of sp³-hybridized carbons (Fsp3) is 0.231. The van der Waals surface area contributed by atoms with Gasteiger partial charge in [-0.25, -0.2) is 0 Å². The summed E-state index contributed by atoms with van der Waals surface area (Å²) in [6.45, 7) is 7.57. The lowest BCUT2D eigenvalue weighted by atomic mass is 10.1. The number of rotatable bonds is 7. The second kappa shape index (κ2) is 9.94. The summed E-state index contributed by atoms with van der Waals surface area (Å²) in [5.74, 6) is 0.0856. The second-order valence-corrected chi connectivity index (χ2v) is 7.67. The maximum atomic E-state index is 12.9. The first-order valence-corrected chi connectivity index (χ1v) is 10.3. The Morgan fingerprint density at radius 3 is 2.26 bits per heavy atom. The first-order chi connectivity index (χ1) is 14.8. The molecule has 160 valence electrons. The van der Waals surface area contributed by atoms with Crippen molar-refractivity contribution >= 4 is 17.5 Å². The predicted molar refractivity (Wildman–Crippen MR) is 123 cm³/mol. The van der Waals surface area contributed by atoms with Gasteiger partial charge in [-0.2, -0.15) is 0 Å². The van der Waals surface area contributed by atoms with Crippen LogP contribution in [0, 0.1) is 13.8 Å². The predicted octanol–water partition coefficient (Wildman–Crippen LogP) is 5.20. The zero-order chi connectivity index (χ0) is 22.4. The molecule has 0 radical (unpaired) electrons. The molecule has 0 aromatic heterocycles. The van der Waals surface area contributed by atoms with Crippen molar-refractivity contribution in [2.75, 3.05) is 5.32 Å². The third-order valence-electron chi connectivity index (χ3n) is 5.08. The molecule has 2 amide bonds. The highest BCUT2D eigenvalue weighted by molar-refractivity contribution is 6.04. The number of hydrogen-bond donors (Lipinski definition) is 2. The topological polar surface area (TPSA) is 67.4 Å². The fourth-order valence-corrected chi connectivity index (χ4v) is 3.30. The molecule has 0 heterocycles. The SMILES string of the molecule is Cc1ccc(O[C@@H](C)C(=O)Nc2ccccc2C(=O)N[C@@H](C)c2ccccc2)c(C)c1. The highest BCUT2D eigenvalue weighted by Crippen LogP contribution is 2.22. The molecular formula is C26H28N2O3. The molecule has 31 heavy (non-hydrogen) atoms. The van der Waals surface area contributed by atoms with Crippen molar-refractivity contribution in [2.24, 2.45) is 0 Å². The molecule has 2 atom stereocenters. The number of aryl methyl sites for hydroxylation is 2. The molecule has 0 aliphatic rings.